The molecule has 0 fully saturated rings. The Labute approximate surface area is 141 Å². The van der Waals surface area contributed by atoms with E-state index in [-0.39, 0.29) is 16.0 Å². The van der Waals surface area contributed by atoms with Gasteiger partial charge in [-0.3, -0.25) is 4.79 Å². The first kappa shape index (κ1) is 18.0. The van der Waals surface area contributed by atoms with Crippen molar-refractivity contribution in [1.82, 2.24) is 4.72 Å². The number of halogens is 1. The molecule has 2 aromatic rings. The second-order valence-electron chi connectivity index (χ2n) is 5.47. The molecule has 126 valence electrons. The summed E-state index contributed by atoms with van der Waals surface area (Å²) in [6.45, 7) is 6.72. The predicted molar refractivity (Wildman–Crippen MR) is 90.5 cm³/mol. The van der Waals surface area contributed by atoms with Crippen LogP contribution in [-0.4, -0.2) is 14.2 Å². The van der Waals surface area contributed by atoms with Crippen LogP contribution in [0.25, 0.3) is 0 Å². The van der Waals surface area contributed by atoms with Crippen LogP contribution in [0, 0.1) is 12.7 Å². The predicted octanol–water partition coefficient (Wildman–Crippen LogP) is 3.30. The first-order valence-corrected chi connectivity index (χ1v) is 8.74. The second kappa shape index (κ2) is 7.07. The van der Waals surface area contributed by atoms with Crippen molar-refractivity contribution in [2.75, 3.05) is 0 Å². The van der Waals surface area contributed by atoms with E-state index in [4.69, 9.17) is 0 Å². The van der Waals surface area contributed by atoms with E-state index < -0.39 is 27.7 Å². The molecular weight excluding hydrogens is 329 g/mol. The molecule has 4 nitrogen and oxygen atoms in total. The lowest BCUT2D eigenvalue weighted by Gasteiger charge is -2.20. The third kappa shape index (κ3) is 3.96. The number of aryl methyl sites for hydroxylation is 1. The third-order valence-electron chi connectivity index (χ3n) is 3.62. The molecule has 0 saturated carbocycles. The molecule has 2 rings (SSSR count). The monoisotopic (exact) mass is 347 g/mol. The summed E-state index contributed by atoms with van der Waals surface area (Å²) in [5.41, 5.74) is 0.928. The third-order valence-corrected chi connectivity index (χ3v) is 5.06. The number of rotatable bonds is 6. The van der Waals surface area contributed by atoms with Crippen molar-refractivity contribution in [3.05, 3.63) is 77.6 Å². The first-order valence-electron chi connectivity index (χ1n) is 7.25. The van der Waals surface area contributed by atoms with Gasteiger partial charge in [0.15, 0.2) is 5.78 Å². The molecule has 0 unspecified atom stereocenters. The van der Waals surface area contributed by atoms with E-state index in [0.717, 1.165) is 5.56 Å². The molecule has 6 heteroatoms. The highest BCUT2D eigenvalue weighted by molar-refractivity contribution is 7.89. The molecule has 0 bridgehead atoms. The minimum absolute atomic E-state index is 0.0317. The fraction of sp³-hybridized carbons (Fsp3) is 0.167. The molecule has 0 heterocycles. The van der Waals surface area contributed by atoms with Crippen LogP contribution >= 0.6 is 0 Å². The standard InChI is InChI=1S/C18H18FNO3S/c1-12-8-10-15(11-9-12)24(22,23)20-18(13(2)14(3)21)16-6-4-5-7-17(16)19/h4-11,18,20H,2H2,1,3H3/t18-/m1/s1. The molecule has 0 aromatic heterocycles. The highest BCUT2D eigenvalue weighted by Crippen LogP contribution is 2.26. The van der Waals surface area contributed by atoms with Crippen molar-refractivity contribution in [2.24, 2.45) is 0 Å². The van der Waals surface area contributed by atoms with Crippen molar-refractivity contribution in [3.8, 4) is 0 Å². The van der Waals surface area contributed by atoms with Crippen LogP contribution in [0.1, 0.15) is 24.1 Å². The van der Waals surface area contributed by atoms with Gasteiger partial charge in [-0.05, 0) is 32.0 Å². The molecule has 0 aliphatic rings. The summed E-state index contributed by atoms with van der Waals surface area (Å²) in [7, 11) is -3.95. The van der Waals surface area contributed by atoms with Crippen LogP contribution in [0.4, 0.5) is 4.39 Å². The normalized spacial score (nSPS) is 12.6. The number of carbonyl (C=O) groups is 1. The highest BCUT2D eigenvalue weighted by Gasteiger charge is 2.27. The molecular formula is C18H18FNO3S. The van der Waals surface area contributed by atoms with Gasteiger partial charge in [0.05, 0.1) is 10.9 Å². The van der Waals surface area contributed by atoms with Crippen molar-refractivity contribution >= 4 is 15.8 Å². The summed E-state index contributed by atoms with van der Waals surface area (Å²) in [6.07, 6.45) is 0. The second-order valence-corrected chi connectivity index (χ2v) is 7.18. The molecule has 0 radical (unpaired) electrons. The van der Waals surface area contributed by atoms with Crippen molar-refractivity contribution in [1.29, 1.82) is 0 Å². The van der Waals surface area contributed by atoms with E-state index in [9.17, 15) is 17.6 Å². The molecule has 0 amide bonds. The molecule has 24 heavy (non-hydrogen) atoms. The average Bonchev–Trinajstić information content (AvgIpc) is 2.53. The zero-order chi connectivity index (χ0) is 17.9. The van der Waals surface area contributed by atoms with Gasteiger partial charge in [0.25, 0.3) is 0 Å². The number of hydrogen-bond donors (Lipinski definition) is 1. The number of nitrogens with one attached hydrogen (secondary N) is 1. The molecule has 1 atom stereocenters. The minimum atomic E-state index is -3.95. The average molecular weight is 347 g/mol. The Balaban J connectivity index is 2.45. The number of carbonyl (C=O) groups excluding carboxylic acids is 1. The minimum Gasteiger partial charge on any atom is -0.295 e. The van der Waals surface area contributed by atoms with Crippen LogP contribution in [-0.2, 0) is 14.8 Å². The summed E-state index contributed by atoms with van der Waals surface area (Å²) >= 11 is 0. The zero-order valence-electron chi connectivity index (χ0n) is 13.4. The van der Waals surface area contributed by atoms with Gasteiger partial charge in [-0.15, -0.1) is 0 Å². The summed E-state index contributed by atoms with van der Waals surface area (Å²) in [4.78, 5) is 11.7. The van der Waals surface area contributed by atoms with E-state index in [2.05, 4.69) is 11.3 Å². The summed E-state index contributed by atoms with van der Waals surface area (Å²) < 4.78 is 41.6. The Bertz CT molecular complexity index is 873. The maximum atomic E-state index is 14.1. The zero-order valence-corrected chi connectivity index (χ0v) is 14.2. The molecule has 0 aliphatic carbocycles. The smallest absolute Gasteiger partial charge is 0.241 e. The van der Waals surface area contributed by atoms with Crippen molar-refractivity contribution in [3.63, 3.8) is 0 Å². The van der Waals surface area contributed by atoms with Gasteiger partial charge in [-0.25, -0.2) is 12.8 Å². The highest BCUT2D eigenvalue weighted by atomic mass is 32.2. The van der Waals surface area contributed by atoms with Gasteiger partial charge in [0.1, 0.15) is 5.82 Å². The molecule has 0 saturated heterocycles. The largest absolute Gasteiger partial charge is 0.295 e. The maximum Gasteiger partial charge on any atom is 0.241 e. The fourth-order valence-electron chi connectivity index (χ4n) is 2.18. The van der Waals surface area contributed by atoms with Gasteiger partial charge in [0, 0.05) is 11.1 Å². The summed E-state index contributed by atoms with van der Waals surface area (Å²) in [5.74, 6) is -1.04. The van der Waals surface area contributed by atoms with E-state index in [1.165, 1.54) is 37.3 Å². The van der Waals surface area contributed by atoms with E-state index in [0.29, 0.717) is 0 Å². The number of sulfonamides is 1. The maximum absolute atomic E-state index is 14.1. The quantitative estimate of drug-likeness (QED) is 0.816. The van der Waals surface area contributed by atoms with E-state index in [1.54, 1.807) is 18.2 Å². The van der Waals surface area contributed by atoms with Crippen molar-refractivity contribution < 1.29 is 17.6 Å². The van der Waals surface area contributed by atoms with Gasteiger partial charge >= 0.3 is 0 Å². The van der Waals surface area contributed by atoms with E-state index >= 15 is 0 Å². The van der Waals surface area contributed by atoms with Gasteiger partial charge in [0.2, 0.25) is 10.0 Å². The Morgan fingerprint density at radius 3 is 2.25 bits per heavy atom. The SMILES string of the molecule is C=C(C(C)=O)[C@@H](NS(=O)(=O)c1ccc(C)cc1)c1ccccc1F. The number of ketones is 1. The first-order chi connectivity index (χ1) is 11.2. The Morgan fingerprint density at radius 1 is 1.12 bits per heavy atom. The number of Topliss-reactive ketones (excluding diaryl/α,β-unsaturated/α-hetero) is 1. The molecule has 1 N–H and O–H groups in total. The summed E-state index contributed by atoms with van der Waals surface area (Å²) in [6, 6.07) is 10.7. The Morgan fingerprint density at radius 2 is 1.71 bits per heavy atom. The van der Waals surface area contributed by atoms with E-state index in [1.807, 2.05) is 6.92 Å². The molecule has 2 aromatic carbocycles. The Kier molecular flexibility index (Phi) is 5.31. The molecule has 0 spiro atoms. The van der Waals surface area contributed by atoms with Gasteiger partial charge in [-0.1, -0.05) is 42.5 Å². The Hall–Kier alpha value is -2.31. The van der Waals surface area contributed by atoms with Crippen LogP contribution in [0.3, 0.4) is 0 Å². The lowest BCUT2D eigenvalue weighted by molar-refractivity contribution is -0.113. The van der Waals surface area contributed by atoms with Gasteiger partial charge < -0.3 is 0 Å². The number of benzene rings is 2. The lowest BCUT2D eigenvalue weighted by atomic mass is 9.98. The summed E-state index contributed by atoms with van der Waals surface area (Å²) in [5, 5.41) is 0. The van der Waals surface area contributed by atoms with Crippen LogP contribution in [0.2, 0.25) is 0 Å². The van der Waals surface area contributed by atoms with Crippen LogP contribution < -0.4 is 4.72 Å². The molecule has 0 aliphatic heterocycles. The van der Waals surface area contributed by atoms with Crippen molar-refractivity contribution in [2.45, 2.75) is 24.8 Å². The van der Waals surface area contributed by atoms with Crippen LogP contribution in [0.5, 0.6) is 0 Å². The lowest BCUT2D eigenvalue weighted by Crippen LogP contribution is -2.32. The fourth-order valence-corrected chi connectivity index (χ4v) is 3.39. The van der Waals surface area contributed by atoms with Gasteiger partial charge in [-0.2, -0.15) is 4.72 Å². The number of hydrogen-bond acceptors (Lipinski definition) is 3. The topological polar surface area (TPSA) is 63.2 Å². The van der Waals surface area contributed by atoms with Crippen LogP contribution in [0.15, 0.2) is 65.6 Å².